The molecule has 100 valence electrons. The zero-order chi connectivity index (χ0) is 13.0. The van der Waals surface area contributed by atoms with E-state index in [1.807, 2.05) is 0 Å². The van der Waals surface area contributed by atoms with E-state index < -0.39 is 10.0 Å². The molecule has 1 aliphatic rings. The fourth-order valence-corrected chi connectivity index (χ4v) is 2.88. The molecule has 7 heteroatoms. The summed E-state index contributed by atoms with van der Waals surface area (Å²) in [4.78, 5) is 0. The third-order valence-electron chi connectivity index (χ3n) is 2.98. The molecule has 0 radical (unpaired) electrons. The molecule has 1 aromatic heterocycles. The summed E-state index contributed by atoms with van der Waals surface area (Å²) in [5, 5.41) is 10.7. The Balaban J connectivity index is 1.96. The van der Waals surface area contributed by atoms with Crippen LogP contribution in [0.1, 0.15) is 25.0 Å². The molecule has 0 spiro atoms. The minimum Gasteiger partial charge on any atom is -0.313 e. The molecule has 1 aliphatic heterocycles. The lowest BCUT2D eigenvalue weighted by atomic mass is 10.1. The first-order chi connectivity index (χ1) is 8.58. The van der Waals surface area contributed by atoms with Crippen LogP contribution in [0.5, 0.6) is 0 Å². The van der Waals surface area contributed by atoms with E-state index in [1.54, 1.807) is 13.0 Å². The standard InChI is InChI=1S/C11H18N4O2S/c1-9-5-6-11(15-14-9)18(16,17)13-8-10-4-2-3-7-12-10/h5-6,10,12-13H,2-4,7-8H2,1H3/t10-/m1/s1. The Morgan fingerprint density at radius 1 is 1.39 bits per heavy atom. The van der Waals surface area contributed by atoms with Gasteiger partial charge in [-0.05, 0) is 38.4 Å². The maximum absolute atomic E-state index is 11.9. The maximum Gasteiger partial charge on any atom is 0.259 e. The van der Waals surface area contributed by atoms with Crippen LogP contribution in [-0.4, -0.2) is 37.7 Å². The fraction of sp³-hybridized carbons (Fsp3) is 0.636. The molecule has 1 fully saturated rings. The van der Waals surface area contributed by atoms with Crippen LogP contribution in [-0.2, 0) is 10.0 Å². The van der Waals surface area contributed by atoms with Crippen LogP contribution in [0.25, 0.3) is 0 Å². The van der Waals surface area contributed by atoms with Crippen molar-refractivity contribution in [3.63, 3.8) is 0 Å². The number of sulfonamides is 1. The van der Waals surface area contributed by atoms with E-state index in [0.29, 0.717) is 12.2 Å². The summed E-state index contributed by atoms with van der Waals surface area (Å²) in [5.41, 5.74) is 0.697. The Hall–Kier alpha value is -1.05. The van der Waals surface area contributed by atoms with Gasteiger partial charge in [0, 0.05) is 12.6 Å². The van der Waals surface area contributed by atoms with Gasteiger partial charge < -0.3 is 5.32 Å². The molecule has 2 heterocycles. The topological polar surface area (TPSA) is 84.0 Å². The summed E-state index contributed by atoms with van der Waals surface area (Å²) < 4.78 is 26.5. The summed E-state index contributed by atoms with van der Waals surface area (Å²) in [5.74, 6) is 0. The van der Waals surface area contributed by atoms with Gasteiger partial charge in [0.25, 0.3) is 10.0 Å². The average Bonchev–Trinajstić information content (AvgIpc) is 2.38. The number of aromatic nitrogens is 2. The molecule has 2 rings (SSSR count). The lowest BCUT2D eigenvalue weighted by Crippen LogP contribution is -2.43. The first-order valence-electron chi connectivity index (χ1n) is 6.11. The van der Waals surface area contributed by atoms with Crippen molar-refractivity contribution in [2.24, 2.45) is 0 Å². The Labute approximate surface area is 107 Å². The number of rotatable bonds is 4. The molecule has 0 amide bonds. The largest absolute Gasteiger partial charge is 0.313 e. The van der Waals surface area contributed by atoms with Crippen molar-refractivity contribution < 1.29 is 8.42 Å². The van der Waals surface area contributed by atoms with E-state index in [0.717, 1.165) is 25.8 Å². The van der Waals surface area contributed by atoms with Crippen LogP contribution < -0.4 is 10.0 Å². The molecule has 0 aromatic carbocycles. The minimum absolute atomic E-state index is 0.0242. The SMILES string of the molecule is Cc1ccc(S(=O)(=O)NC[C@H]2CCCCN2)nn1. The van der Waals surface area contributed by atoms with E-state index in [2.05, 4.69) is 20.2 Å². The van der Waals surface area contributed by atoms with Crippen LogP contribution in [0.2, 0.25) is 0 Å². The number of piperidine rings is 1. The second-order valence-electron chi connectivity index (χ2n) is 4.51. The van der Waals surface area contributed by atoms with Gasteiger partial charge in [-0.25, -0.2) is 13.1 Å². The predicted octanol–water partition coefficient (Wildman–Crippen LogP) is 0.205. The second-order valence-corrected chi connectivity index (χ2v) is 6.23. The number of hydrogen-bond donors (Lipinski definition) is 2. The Morgan fingerprint density at radius 3 is 2.83 bits per heavy atom. The van der Waals surface area contributed by atoms with Crippen molar-refractivity contribution in [3.8, 4) is 0 Å². The number of nitrogens with zero attached hydrogens (tertiary/aromatic N) is 2. The Bertz CT molecular complexity index is 480. The normalized spacial score (nSPS) is 20.8. The van der Waals surface area contributed by atoms with Crippen LogP contribution in [0, 0.1) is 6.92 Å². The van der Waals surface area contributed by atoms with Crippen molar-refractivity contribution in [2.75, 3.05) is 13.1 Å². The second kappa shape index (κ2) is 5.73. The van der Waals surface area contributed by atoms with Crippen LogP contribution >= 0.6 is 0 Å². The molecular formula is C11H18N4O2S. The summed E-state index contributed by atoms with van der Waals surface area (Å²) in [7, 11) is -3.54. The van der Waals surface area contributed by atoms with Gasteiger partial charge in [0.2, 0.25) is 0 Å². The van der Waals surface area contributed by atoms with Crippen molar-refractivity contribution in [1.82, 2.24) is 20.2 Å². The molecule has 1 aromatic rings. The Morgan fingerprint density at radius 2 is 2.22 bits per heavy atom. The first kappa shape index (κ1) is 13.4. The van der Waals surface area contributed by atoms with Gasteiger partial charge in [-0.15, -0.1) is 5.10 Å². The summed E-state index contributed by atoms with van der Waals surface area (Å²) in [6.07, 6.45) is 3.30. The lowest BCUT2D eigenvalue weighted by Gasteiger charge is -2.23. The predicted molar refractivity (Wildman–Crippen MR) is 67.6 cm³/mol. The molecule has 0 saturated carbocycles. The summed E-state index contributed by atoms with van der Waals surface area (Å²) in [6, 6.07) is 3.33. The van der Waals surface area contributed by atoms with Crippen molar-refractivity contribution in [2.45, 2.75) is 37.3 Å². The summed E-state index contributed by atoms with van der Waals surface area (Å²) >= 11 is 0. The van der Waals surface area contributed by atoms with E-state index in [-0.39, 0.29) is 11.1 Å². The molecule has 2 N–H and O–H groups in total. The zero-order valence-electron chi connectivity index (χ0n) is 10.4. The smallest absolute Gasteiger partial charge is 0.259 e. The quantitative estimate of drug-likeness (QED) is 0.817. The Kier molecular flexibility index (Phi) is 4.26. The van der Waals surface area contributed by atoms with Crippen molar-refractivity contribution in [1.29, 1.82) is 0 Å². The van der Waals surface area contributed by atoms with Gasteiger partial charge in [0.15, 0.2) is 5.03 Å². The van der Waals surface area contributed by atoms with Gasteiger partial charge in [-0.2, -0.15) is 5.10 Å². The molecule has 1 atom stereocenters. The van der Waals surface area contributed by atoms with Crippen LogP contribution in [0.3, 0.4) is 0 Å². The van der Waals surface area contributed by atoms with Gasteiger partial charge in [-0.1, -0.05) is 6.42 Å². The average molecular weight is 270 g/mol. The number of aryl methyl sites for hydroxylation is 1. The fourth-order valence-electron chi connectivity index (χ4n) is 1.91. The minimum atomic E-state index is -3.54. The van der Waals surface area contributed by atoms with Crippen LogP contribution in [0.15, 0.2) is 17.2 Å². The monoisotopic (exact) mass is 270 g/mol. The zero-order valence-corrected chi connectivity index (χ0v) is 11.2. The highest BCUT2D eigenvalue weighted by Gasteiger charge is 2.19. The molecule has 1 saturated heterocycles. The van der Waals surface area contributed by atoms with Gasteiger partial charge >= 0.3 is 0 Å². The summed E-state index contributed by atoms with van der Waals surface area (Å²) in [6.45, 7) is 3.12. The van der Waals surface area contributed by atoms with Crippen molar-refractivity contribution >= 4 is 10.0 Å². The maximum atomic E-state index is 11.9. The first-order valence-corrected chi connectivity index (χ1v) is 7.59. The van der Waals surface area contributed by atoms with Gasteiger partial charge in [0.1, 0.15) is 0 Å². The highest BCUT2D eigenvalue weighted by Crippen LogP contribution is 2.08. The molecule has 6 nitrogen and oxygen atoms in total. The highest BCUT2D eigenvalue weighted by atomic mass is 32.2. The number of hydrogen-bond acceptors (Lipinski definition) is 5. The van der Waals surface area contributed by atoms with E-state index in [1.165, 1.54) is 6.07 Å². The van der Waals surface area contributed by atoms with Gasteiger partial charge in [0.05, 0.1) is 5.69 Å². The third kappa shape index (κ3) is 3.47. The molecule has 0 unspecified atom stereocenters. The van der Waals surface area contributed by atoms with Crippen molar-refractivity contribution in [3.05, 3.63) is 17.8 Å². The third-order valence-corrected chi connectivity index (χ3v) is 4.30. The molecule has 18 heavy (non-hydrogen) atoms. The molecule has 0 aliphatic carbocycles. The lowest BCUT2D eigenvalue weighted by molar-refractivity contribution is 0.398. The number of nitrogens with one attached hydrogen (secondary N) is 2. The van der Waals surface area contributed by atoms with E-state index in [4.69, 9.17) is 0 Å². The van der Waals surface area contributed by atoms with Gasteiger partial charge in [-0.3, -0.25) is 0 Å². The van der Waals surface area contributed by atoms with Crippen LogP contribution in [0.4, 0.5) is 0 Å². The van der Waals surface area contributed by atoms with E-state index >= 15 is 0 Å². The van der Waals surface area contributed by atoms with E-state index in [9.17, 15) is 8.42 Å². The molecular weight excluding hydrogens is 252 g/mol. The highest BCUT2D eigenvalue weighted by molar-refractivity contribution is 7.89. The molecule has 0 bridgehead atoms.